The van der Waals surface area contributed by atoms with Crippen molar-refractivity contribution >= 4 is 27.5 Å². The molecule has 0 unspecified atom stereocenters. The van der Waals surface area contributed by atoms with Gasteiger partial charge in [-0.3, -0.25) is 9.11 Å². The quantitative estimate of drug-likeness (QED) is 0.414. The summed E-state index contributed by atoms with van der Waals surface area (Å²) in [4.78, 5) is 0. The Bertz CT molecular complexity index is 466. The highest BCUT2D eigenvalue weighted by molar-refractivity contribution is 7.79. The van der Waals surface area contributed by atoms with Crippen LogP contribution in [0.25, 0.3) is 0 Å². The minimum absolute atomic E-state index is 0.598. The van der Waals surface area contributed by atoms with Crippen molar-refractivity contribution in [1.82, 2.24) is 0 Å². The van der Waals surface area contributed by atoms with Gasteiger partial charge in [0.1, 0.15) is 0 Å². The van der Waals surface area contributed by atoms with Crippen LogP contribution in [0.3, 0.4) is 0 Å². The molecule has 8 heteroatoms. The molecular formula is C10H19N3O4S. The normalized spacial score (nSPS) is 10.7. The summed E-state index contributed by atoms with van der Waals surface area (Å²) in [5.74, 6) is 0.598. The van der Waals surface area contributed by atoms with Crippen molar-refractivity contribution < 1.29 is 17.5 Å². The molecule has 104 valence electrons. The lowest BCUT2D eigenvalue weighted by Crippen LogP contribution is -2.09. The van der Waals surface area contributed by atoms with Crippen molar-refractivity contribution in [3.8, 4) is 0 Å². The zero-order valence-electron chi connectivity index (χ0n) is 10.3. The van der Waals surface area contributed by atoms with Crippen molar-refractivity contribution in [3.63, 3.8) is 0 Å². The molecule has 0 bridgehead atoms. The molecule has 0 saturated carbocycles. The molecular weight excluding hydrogens is 258 g/mol. The Morgan fingerprint density at radius 3 is 2.22 bits per heavy atom. The number of nitrogens with two attached hydrogens (primary N) is 2. The average Bonchev–Trinajstić information content (AvgIpc) is 2.17. The third-order valence-electron chi connectivity index (χ3n) is 1.78. The maximum Gasteiger partial charge on any atom is 0.394 e. The first-order chi connectivity index (χ1) is 8.09. The molecule has 0 saturated heterocycles. The maximum absolute atomic E-state index is 8.74. The molecule has 7 nitrogen and oxygen atoms in total. The van der Waals surface area contributed by atoms with Gasteiger partial charge in [0.2, 0.25) is 0 Å². The molecule has 7 N–H and O–H groups in total. The van der Waals surface area contributed by atoms with Gasteiger partial charge in [0, 0.05) is 12.2 Å². The van der Waals surface area contributed by atoms with E-state index in [1.54, 1.807) is 6.07 Å². The van der Waals surface area contributed by atoms with Crippen LogP contribution in [-0.2, 0) is 10.4 Å². The van der Waals surface area contributed by atoms with Gasteiger partial charge in [-0.15, -0.1) is 0 Å². The zero-order valence-corrected chi connectivity index (χ0v) is 11.1. The minimum Gasteiger partial charge on any atom is -0.399 e. The second-order valence-corrected chi connectivity index (χ2v) is 4.96. The molecule has 0 aliphatic heterocycles. The van der Waals surface area contributed by atoms with E-state index < -0.39 is 10.4 Å². The number of hydrogen-bond donors (Lipinski definition) is 5. The van der Waals surface area contributed by atoms with E-state index in [0.29, 0.717) is 5.92 Å². The van der Waals surface area contributed by atoms with E-state index in [2.05, 4.69) is 19.2 Å². The zero-order chi connectivity index (χ0) is 14.3. The number of rotatable bonds is 3. The smallest absolute Gasteiger partial charge is 0.394 e. The van der Waals surface area contributed by atoms with Crippen molar-refractivity contribution in [2.75, 3.05) is 23.3 Å². The van der Waals surface area contributed by atoms with Crippen molar-refractivity contribution in [2.24, 2.45) is 5.92 Å². The molecule has 0 aromatic heterocycles. The summed E-state index contributed by atoms with van der Waals surface area (Å²) < 4.78 is 31.6. The van der Waals surface area contributed by atoms with Crippen LogP contribution in [0.4, 0.5) is 17.1 Å². The summed E-state index contributed by atoms with van der Waals surface area (Å²) >= 11 is 0. The largest absolute Gasteiger partial charge is 0.399 e. The summed E-state index contributed by atoms with van der Waals surface area (Å²) in [6, 6.07) is 5.48. The van der Waals surface area contributed by atoms with E-state index in [1.807, 2.05) is 12.1 Å². The second kappa shape index (κ2) is 7.04. The number of anilines is 3. The van der Waals surface area contributed by atoms with Gasteiger partial charge in [-0.05, 0) is 24.1 Å². The van der Waals surface area contributed by atoms with Gasteiger partial charge in [0.25, 0.3) is 0 Å². The van der Waals surface area contributed by atoms with Crippen LogP contribution in [-0.4, -0.2) is 24.1 Å². The molecule has 1 aromatic rings. The molecule has 1 rings (SSSR count). The molecule has 0 amide bonds. The lowest BCUT2D eigenvalue weighted by molar-refractivity contribution is 0.381. The summed E-state index contributed by atoms with van der Waals surface area (Å²) in [6.45, 7) is 5.21. The maximum atomic E-state index is 8.74. The highest BCUT2D eigenvalue weighted by atomic mass is 32.3. The Hall–Kier alpha value is -1.51. The number of benzene rings is 1. The highest BCUT2D eigenvalue weighted by Gasteiger charge is 1.99. The van der Waals surface area contributed by atoms with E-state index in [9.17, 15) is 0 Å². The van der Waals surface area contributed by atoms with Gasteiger partial charge in [-0.25, -0.2) is 0 Å². The van der Waals surface area contributed by atoms with Crippen molar-refractivity contribution in [1.29, 1.82) is 0 Å². The standard InChI is InChI=1S/C10H17N3.H2O4S/c1-7(2)6-13-10-5-8(11)3-4-9(10)12;1-5(2,3)4/h3-5,7,13H,6,11-12H2,1-2H3;(H2,1,2,3,4). The number of nitrogens with one attached hydrogen (secondary N) is 1. The Balaban J connectivity index is 0.000000494. The van der Waals surface area contributed by atoms with E-state index in [-0.39, 0.29) is 0 Å². The van der Waals surface area contributed by atoms with Crippen LogP contribution >= 0.6 is 0 Å². The summed E-state index contributed by atoms with van der Waals surface area (Å²) in [5.41, 5.74) is 13.8. The van der Waals surface area contributed by atoms with Crippen LogP contribution in [0.5, 0.6) is 0 Å². The minimum atomic E-state index is -4.67. The van der Waals surface area contributed by atoms with E-state index in [4.69, 9.17) is 29.0 Å². The summed E-state index contributed by atoms with van der Waals surface area (Å²) in [7, 11) is -4.67. The van der Waals surface area contributed by atoms with Crippen molar-refractivity contribution in [3.05, 3.63) is 18.2 Å². The Labute approximate surface area is 107 Å². The SMILES string of the molecule is CC(C)CNc1cc(N)ccc1N.O=S(=O)(O)O. The lowest BCUT2D eigenvalue weighted by atomic mass is 10.2. The predicted molar refractivity (Wildman–Crippen MR) is 72.8 cm³/mol. The average molecular weight is 277 g/mol. The number of nitrogen functional groups attached to an aromatic ring is 2. The fourth-order valence-electron chi connectivity index (χ4n) is 1.04. The predicted octanol–water partition coefficient (Wildman–Crippen LogP) is 1.27. The number of hydrogen-bond acceptors (Lipinski definition) is 5. The van der Waals surface area contributed by atoms with Gasteiger partial charge in [0.15, 0.2) is 0 Å². The Kier molecular flexibility index (Phi) is 6.45. The van der Waals surface area contributed by atoms with Gasteiger partial charge >= 0.3 is 10.4 Å². The topological polar surface area (TPSA) is 139 Å². The first-order valence-electron chi connectivity index (χ1n) is 5.18. The molecule has 0 spiro atoms. The molecule has 0 radical (unpaired) electrons. The van der Waals surface area contributed by atoms with E-state index >= 15 is 0 Å². The first-order valence-corrected chi connectivity index (χ1v) is 6.58. The fourth-order valence-corrected chi connectivity index (χ4v) is 1.04. The van der Waals surface area contributed by atoms with Crippen LogP contribution in [0.1, 0.15) is 13.8 Å². The van der Waals surface area contributed by atoms with Crippen LogP contribution in [0.15, 0.2) is 18.2 Å². The van der Waals surface area contributed by atoms with Crippen molar-refractivity contribution in [2.45, 2.75) is 13.8 Å². The van der Waals surface area contributed by atoms with Gasteiger partial charge in [-0.2, -0.15) is 8.42 Å². The molecule has 0 fully saturated rings. The van der Waals surface area contributed by atoms with Crippen LogP contribution in [0.2, 0.25) is 0 Å². The monoisotopic (exact) mass is 277 g/mol. The van der Waals surface area contributed by atoms with Gasteiger partial charge < -0.3 is 16.8 Å². The fraction of sp³-hybridized carbons (Fsp3) is 0.400. The Morgan fingerprint density at radius 1 is 1.28 bits per heavy atom. The molecule has 0 aliphatic rings. The highest BCUT2D eigenvalue weighted by Crippen LogP contribution is 2.21. The third-order valence-corrected chi connectivity index (χ3v) is 1.78. The van der Waals surface area contributed by atoms with E-state index in [0.717, 1.165) is 23.6 Å². The molecule has 0 heterocycles. The summed E-state index contributed by atoms with van der Waals surface area (Å²) in [5, 5.41) is 3.25. The second-order valence-electron chi connectivity index (χ2n) is 4.07. The molecule has 0 aliphatic carbocycles. The summed E-state index contributed by atoms with van der Waals surface area (Å²) in [6.07, 6.45) is 0. The molecule has 18 heavy (non-hydrogen) atoms. The van der Waals surface area contributed by atoms with Gasteiger partial charge in [0.05, 0.1) is 11.4 Å². The third kappa shape index (κ3) is 9.70. The van der Waals surface area contributed by atoms with E-state index in [1.165, 1.54) is 0 Å². The Morgan fingerprint density at radius 2 is 1.78 bits per heavy atom. The van der Waals surface area contributed by atoms with Gasteiger partial charge in [-0.1, -0.05) is 13.8 Å². The molecule has 0 atom stereocenters. The first kappa shape index (κ1) is 16.5. The molecule has 1 aromatic carbocycles. The lowest BCUT2D eigenvalue weighted by Gasteiger charge is -2.11. The van der Waals surface area contributed by atoms with Crippen LogP contribution in [0, 0.1) is 5.92 Å². The van der Waals surface area contributed by atoms with Crippen LogP contribution < -0.4 is 16.8 Å².